The maximum Gasteiger partial charge on any atom is 0.225 e. The molecule has 2 aromatic rings. The molecule has 2 aliphatic heterocycles. The summed E-state index contributed by atoms with van der Waals surface area (Å²) in [6.07, 6.45) is 4.82. The van der Waals surface area contributed by atoms with Crippen LogP contribution in [0.5, 0.6) is 0 Å². The van der Waals surface area contributed by atoms with E-state index in [4.69, 9.17) is 4.74 Å². The Morgan fingerprint density at radius 2 is 2.45 bits per heavy atom. The van der Waals surface area contributed by atoms with Gasteiger partial charge in [0.05, 0.1) is 30.5 Å². The van der Waals surface area contributed by atoms with Crippen molar-refractivity contribution in [3.63, 3.8) is 0 Å². The lowest BCUT2D eigenvalue weighted by Gasteiger charge is -2.18. The molecule has 2 atom stereocenters. The second kappa shape index (κ2) is 5.85. The number of nitrogens with one attached hydrogen (secondary N) is 1. The van der Waals surface area contributed by atoms with Crippen molar-refractivity contribution in [2.45, 2.75) is 25.3 Å². The summed E-state index contributed by atoms with van der Waals surface area (Å²) in [4.78, 5) is 16.7. The predicted octanol–water partition coefficient (Wildman–Crippen LogP) is 2.25. The van der Waals surface area contributed by atoms with Gasteiger partial charge >= 0.3 is 0 Å². The number of ether oxygens (including phenoxy) is 1. The number of amides is 1. The van der Waals surface area contributed by atoms with Gasteiger partial charge in [-0.25, -0.2) is 4.98 Å². The van der Waals surface area contributed by atoms with Crippen molar-refractivity contribution in [2.75, 3.05) is 19.8 Å². The largest absolute Gasteiger partial charge is 0.381 e. The van der Waals surface area contributed by atoms with Crippen molar-refractivity contribution in [1.29, 1.82) is 0 Å². The number of carbonyl (C=O) groups is 1. The number of aryl methyl sites for hydroxylation is 1. The lowest BCUT2D eigenvalue weighted by Crippen LogP contribution is -2.34. The lowest BCUT2D eigenvalue weighted by molar-refractivity contribution is -0.125. The Kier molecular flexibility index (Phi) is 3.72. The minimum Gasteiger partial charge on any atom is -0.381 e. The van der Waals surface area contributed by atoms with E-state index in [1.165, 1.54) is 5.56 Å². The highest BCUT2D eigenvalue weighted by Gasteiger charge is 2.28. The van der Waals surface area contributed by atoms with Crippen LogP contribution in [0.3, 0.4) is 0 Å². The molecule has 2 aliphatic rings. The zero-order valence-corrected chi connectivity index (χ0v) is 13.1. The number of fused-ring (bicyclic) bond motifs is 1. The summed E-state index contributed by atoms with van der Waals surface area (Å²) in [5.74, 6) is 1.29. The number of thiophene rings is 1. The third-order valence-corrected chi connectivity index (χ3v) is 5.25. The van der Waals surface area contributed by atoms with Gasteiger partial charge in [-0.3, -0.25) is 4.79 Å². The van der Waals surface area contributed by atoms with Crippen LogP contribution in [0.4, 0.5) is 0 Å². The molecule has 22 heavy (non-hydrogen) atoms. The average Bonchev–Trinajstić information content (AvgIpc) is 3.28. The summed E-state index contributed by atoms with van der Waals surface area (Å²) in [6, 6.07) is 2.43. The van der Waals surface area contributed by atoms with Crippen LogP contribution < -0.4 is 5.32 Å². The molecule has 4 rings (SSSR count). The Labute approximate surface area is 133 Å². The number of carbonyl (C=O) groups excluding carboxylic acids is 1. The van der Waals surface area contributed by atoms with Crippen LogP contribution >= 0.6 is 11.3 Å². The minimum atomic E-state index is 0.0278. The number of hydrogen-bond acceptors (Lipinski definition) is 4. The molecule has 4 heterocycles. The molecule has 0 spiro atoms. The van der Waals surface area contributed by atoms with Crippen molar-refractivity contribution < 1.29 is 9.53 Å². The van der Waals surface area contributed by atoms with Crippen molar-refractivity contribution in [3.8, 4) is 11.3 Å². The van der Waals surface area contributed by atoms with Gasteiger partial charge in [0, 0.05) is 30.5 Å². The first-order valence-electron chi connectivity index (χ1n) is 7.77. The van der Waals surface area contributed by atoms with Gasteiger partial charge in [0.1, 0.15) is 5.82 Å². The molecular weight excluding hydrogens is 298 g/mol. The number of imidazole rings is 1. The fraction of sp³-hybridized carbons (Fsp3) is 0.500. The lowest BCUT2D eigenvalue weighted by atomic mass is 10.1. The summed E-state index contributed by atoms with van der Waals surface area (Å²) >= 11 is 1.69. The standard InChI is InChI=1S/C16H19N3O2S/c20-16(11-3-5-21-9-11)18-7-13-1-2-15-17-8-14(19(13)15)12-4-6-22-10-12/h4,6,8,10-11,13H,1-3,5,7,9H2,(H,18,20)/t11-,13-/m0/s1. The van der Waals surface area contributed by atoms with Crippen LogP contribution in [0, 0.1) is 5.92 Å². The van der Waals surface area contributed by atoms with Gasteiger partial charge in [0.25, 0.3) is 0 Å². The summed E-state index contributed by atoms with van der Waals surface area (Å²) < 4.78 is 7.59. The van der Waals surface area contributed by atoms with Crippen LogP contribution in [0.15, 0.2) is 23.0 Å². The van der Waals surface area contributed by atoms with Crippen molar-refractivity contribution in [3.05, 3.63) is 28.8 Å². The Balaban J connectivity index is 1.47. The maximum atomic E-state index is 12.2. The molecule has 0 saturated carbocycles. The Morgan fingerprint density at radius 1 is 1.50 bits per heavy atom. The molecule has 2 aromatic heterocycles. The van der Waals surface area contributed by atoms with Crippen LogP contribution in [0.1, 0.15) is 24.7 Å². The van der Waals surface area contributed by atoms with Crippen molar-refractivity contribution >= 4 is 17.2 Å². The molecule has 1 N–H and O–H groups in total. The van der Waals surface area contributed by atoms with E-state index in [-0.39, 0.29) is 11.8 Å². The van der Waals surface area contributed by atoms with E-state index in [1.807, 2.05) is 6.20 Å². The van der Waals surface area contributed by atoms with E-state index in [9.17, 15) is 4.79 Å². The van der Waals surface area contributed by atoms with E-state index >= 15 is 0 Å². The highest BCUT2D eigenvalue weighted by Crippen LogP contribution is 2.33. The second-order valence-electron chi connectivity index (χ2n) is 5.94. The first-order chi connectivity index (χ1) is 10.8. The highest BCUT2D eigenvalue weighted by molar-refractivity contribution is 7.08. The molecule has 116 valence electrons. The molecule has 5 nitrogen and oxygen atoms in total. The molecule has 6 heteroatoms. The maximum absolute atomic E-state index is 12.2. The summed E-state index contributed by atoms with van der Waals surface area (Å²) in [6.45, 7) is 1.94. The Hall–Kier alpha value is -1.66. The van der Waals surface area contributed by atoms with E-state index in [0.29, 0.717) is 25.8 Å². The van der Waals surface area contributed by atoms with Gasteiger partial charge in [-0.15, -0.1) is 0 Å². The molecule has 0 radical (unpaired) electrons. The van der Waals surface area contributed by atoms with E-state index in [1.54, 1.807) is 11.3 Å². The van der Waals surface area contributed by atoms with Gasteiger partial charge in [-0.1, -0.05) is 0 Å². The number of nitrogens with zero attached hydrogens (tertiary/aromatic N) is 2. The second-order valence-corrected chi connectivity index (χ2v) is 6.72. The highest BCUT2D eigenvalue weighted by atomic mass is 32.1. The average molecular weight is 317 g/mol. The topological polar surface area (TPSA) is 56.2 Å². The van der Waals surface area contributed by atoms with Gasteiger partial charge in [-0.2, -0.15) is 11.3 Å². The monoisotopic (exact) mass is 317 g/mol. The summed E-state index contributed by atoms with van der Waals surface area (Å²) in [7, 11) is 0. The molecule has 0 bridgehead atoms. The first-order valence-corrected chi connectivity index (χ1v) is 8.71. The fourth-order valence-electron chi connectivity index (χ4n) is 3.34. The molecule has 0 aromatic carbocycles. The Morgan fingerprint density at radius 3 is 3.23 bits per heavy atom. The smallest absolute Gasteiger partial charge is 0.225 e. The Bertz CT molecular complexity index is 659. The summed E-state index contributed by atoms with van der Waals surface area (Å²) in [5.41, 5.74) is 2.38. The molecule has 1 fully saturated rings. The SMILES string of the molecule is O=C(NC[C@@H]1CCc2ncc(-c3ccsc3)n21)[C@H]1CCOC1. The minimum absolute atomic E-state index is 0.0278. The van der Waals surface area contributed by atoms with Crippen molar-refractivity contribution in [1.82, 2.24) is 14.9 Å². The summed E-state index contributed by atoms with van der Waals surface area (Å²) in [5, 5.41) is 7.34. The molecular formula is C16H19N3O2S. The van der Waals surface area contributed by atoms with Gasteiger partial charge in [-0.05, 0) is 24.3 Å². The molecule has 1 saturated heterocycles. The third-order valence-electron chi connectivity index (χ3n) is 4.57. The van der Waals surface area contributed by atoms with Crippen LogP contribution in [-0.2, 0) is 16.0 Å². The fourth-order valence-corrected chi connectivity index (χ4v) is 3.99. The van der Waals surface area contributed by atoms with Crippen LogP contribution in [0.2, 0.25) is 0 Å². The van der Waals surface area contributed by atoms with Crippen LogP contribution in [0.25, 0.3) is 11.3 Å². The van der Waals surface area contributed by atoms with Crippen molar-refractivity contribution in [2.24, 2.45) is 5.92 Å². The normalized spacial score (nSPS) is 23.6. The first kappa shape index (κ1) is 14.0. The molecule has 1 amide bonds. The van der Waals surface area contributed by atoms with E-state index < -0.39 is 0 Å². The molecule has 0 unspecified atom stereocenters. The van der Waals surface area contributed by atoms with Crippen LogP contribution in [-0.4, -0.2) is 35.2 Å². The van der Waals surface area contributed by atoms with Gasteiger partial charge in [0.2, 0.25) is 5.91 Å². The quantitative estimate of drug-likeness (QED) is 0.941. The van der Waals surface area contributed by atoms with Gasteiger partial charge < -0.3 is 14.6 Å². The van der Waals surface area contributed by atoms with Gasteiger partial charge in [0.15, 0.2) is 0 Å². The zero-order valence-electron chi connectivity index (χ0n) is 12.3. The van der Waals surface area contributed by atoms with E-state index in [2.05, 4.69) is 31.7 Å². The predicted molar refractivity (Wildman–Crippen MR) is 84.8 cm³/mol. The van der Waals surface area contributed by atoms with E-state index in [0.717, 1.165) is 30.8 Å². The number of rotatable bonds is 4. The zero-order chi connectivity index (χ0) is 14.9. The molecule has 0 aliphatic carbocycles. The number of aromatic nitrogens is 2. The number of hydrogen-bond donors (Lipinski definition) is 1. The third kappa shape index (κ3) is 2.46.